The van der Waals surface area contributed by atoms with Gasteiger partial charge in [-0.3, -0.25) is 28.8 Å². The van der Waals surface area contributed by atoms with E-state index in [2.05, 4.69) is 85.0 Å². The number of carbonyl (C=O) groups is 6. The first kappa shape index (κ1) is 49.1. The Kier molecular flexibility index (Phi) is 13.8. The molecule has 4 aliphatic carbocycles. The van der Waals surface area contributed by atoms with Crippen LogP contribution in [0.1, 0.15) is 92.3 Å². The molecule has 370 valence electrons. The van der Waals surface area contributed by atoms with E-state index in [1.54, 1.807) is 34.1 Å². The molecule has 0 radical (unpaired) electrons. The fraction of sp³-hybridized carbons (Fsp3) is 0.357. The summed E-state index contributed by atoms with van der Waals surface area (Å²) < 4.78 is 3.92. The lowest BCUT2D eigenvalue weighted by Crippen LogP contribution is -2.43. The minimum atomic E-state index is -0.755. The van der Waals surface area contributed by atoms with Gasteiger partial charge in [-0.2, -0.15) is 0 Å². The number of carbonyl (C=O) groups excluding carboxylic acids is 6. The second-order valence-corrected chi connectivity index (χ2v) is 24.1. The predicted molar refractivity (Wildman–Crippen MR) is 286 cm³/mol. The van der Waals surface area contributed by atoms with E-state index in [1.165, 1.54) is 0 Å². The summed E-state index contributed by atoms with van der Waals surface area (Å²) in [6.45, 7) is 0.262. The van der Waals surface area contributed by atoms with Gasteiger partial charge in [0.25, 0.3) is 11.8 Å². The van der Waals surface area contributed by atoms with Crippen LogP contribution < -0.4 is 21.3 Å². The smallest absolute Gasteiger partial charge is 0.253 e. The minimum Gasteiger partial charge on any atom is -0.352 e. The van der Waals surface area contributed by atoms with Gasteiger partial charge in [-0.05, 0) is 121 Å². The van der Waals surface area contributed by atoms with Crippen molar-refractivity contribution < 1.29 is 28.8 Å². The zero-order chi connectivity index (χ0) is 49.9. The molecule has 2 aliphatic heterocycles. The van der Waals surface area contributed by atoms with Gasteiger partial charge in [0, 0.05) is 103 Å². The first-order valence-corrected chi connectivity index (χ1v) is 27.8. The summed E-state index contributed by atoms with van der Waals surface area (Å²) in [4.78, 5) is 88.0. The van der Waals surface area contributed by atoms with Gasteiger partial charge in [-0.1, -0.05) is 112 Å². The van der Waals surface area contributed by atoms with Crippen LogP contribution in [-0.2, 0) is 19.2 Å². The van der Waals surface area contributed by atoms with Crippen LogP contribution >= 0.6 is 63.7 Å². The first-order chi connectivity index (χ1) is 34.7. The van der Waals surface area contributed by atoms with Gasteiger partial charge in [-0.15, -0.1) is 0 Å². The number of nitrogens with zero attached hydrogens (tertiary/aromatic N) is 2. The monoisotopic (exact) mass is 1220 g/mol. The molecule has 4 saturated carbocycles. The highest BCUT2D eigenvalue weighted by Crippen LogP contribution is 2.45. The largest absolute Gasteiger partial charge is 0.352 e. The summed E-state index contributed by atoms with van der Waals surface area (Å²) >= 11 is 14.0. The van der Waals surface area contributed by atoms with E-state index in [9.17, 15) is 28.8 Å². The first-order valence-electron chi connectivity index (χ1n) is 24.7. The third kappa shape index (κ3) is 10.7. The van der Waals surface area contributed by atoms with Gasteiger partial charge in [0.05, 0.1) is 23.7 Å². The van der Waals surface area contributed by atoms with E-state index < -0.39 is 23.7 Å². The van der Waals surface area contributed by atoms with Crippen LogP contribution in [0.15, 0.2) is 139 Å². The molecule has 0 spiro atoms. The predicted octanol–water partition coefficient (Wildman–Crippen LogP) is 8.80. The van der Waals surface area contributed by atoms with E-state index in [0.29, 0.717) is 11.1 Å². The maximum absolute atomic E-state index is 14.3. The molecule has 16 heteroatoms. The Morgan fingerprint density at radius 2 is 0.542 bits per heavy atom. The molecule has 2 heterocycles. The summed E-state index contributed by atoms with van der Waals surface area (Å²) in [6.07, 6.45) is 3.18. The number of likely N-dealkylation sites (tertiary alicyclic amines) is 2. The molecule has 5 aromatic carbocycles. The lowest BCUT2D eigenvalue weighted by Gasteiger charge is -2.18. The van der Waals surface area contributed by atoms with Gasteiger partial charge in [-0.25, -0.2) is 0 Å². The maximum Gasteiger partial charge on any atom is 0.253 e. The van der Waals surface area contributed by atoms with Crippen molar-refractivity contribution >= 4 is 99.2 Å². The molecule has 6 amide bonds. The van der Waals surface area contributed by atoms with E-state index in [1.807, 2.05) is 97.1 Å². The normalized spacial score (nSPS) is 28.7. The Balaban J connectivity index is 0.757. The molecule has 0 aromatic heterocycles. The third-order valence-corrected chi connectivity index (χ3v) is 17.7. The molecule has 12 nitrogen and oxygen atoms in total. The van der Waals surface area contributed by atoms with Gasteiger partial charge < -0.3 is 31.1 Å². The fourth-order valence-corrected chi connectivity index (χ4v) is 12.1. The van der Waals surface area contributed by atoms with Crippen LogP contribution in [0.5, 0.6) is 0 Å². The molecule has 72 heavy (non-hydrogen) atoms. The van der Waals surface area contributed by atoms with Crippen LogP contribution in [-0.4, -0.2) is 95.6 Å². The average molecular weight is 1220 g/mol. The van der Waals surface area contributed by atoms with Crippen molar-refractivity contribution in [3.8, 4) is 0 Å². The molecular weight excluding hydrogens is 1170 g/mol. The van der Waals surface area contributed by atoms with Crippen molar-refractivity contribution in [2.24, 2.45) is 23.7 Å². The summed E-state index contributed by atoms with van der Waals surface area (Å²) in [6, 6.07) is 38.4. The number of benzene rings is 5. The number of hydrogen-bond donors (Lipinski definition) is 4. The van der Waals surface area contributed by atoms with Crippen molar-refractivity contribution in [1.29, 1.82) is 0 Å². The highest BCUT2D eigenvalue weighted by atomic mass is 79.9. The van der Waals surface area contributed by atoms with Crippen LogP contribution in [0.3, 0.4) is 0 Å². The van der Waals surface area contributed by atoms with Gasteiger partial charge in [0.15, 0.2) is 0 Å². The van der Waals surface area contributed by atoms with Crippen molar-refractivity contribution in [3.05, 3.63) is 173 Å². The minimum absolute atomic E-state index is 0.0613. The number of nitrogens with one attached hydrogen (secondary N) is 4. The summed E-state index contributed by atoms with van der Waals surface area (Å²) in [5.41, 5.74) is 5.16. The van der Waals surface area contributed by atoms with Crippen molar-refractivity contribution in [3.63, 3.8) is 0 Å². The molecule has 6 aliphatic rings. The molecule has 6 fully saturated rings. The van der Waals surface area contributed by atoms with Gasteiger partial charge in [0.2, 0.25) is 23.6 Å². The van der Waals surface area contributed by atoms with Gasteiger partial charge in [0.1, 0.15) is 0 Å². The Hall–Kier alpha value is -5.16. The van der Waals surface area contributed by atoms with E-state index in [4.69, 9.17) is 0 Å². The highest BCUT2D eigenvalue weighted by Gasteiger charge is 2.51. The Morgan fingerprint density at radius 3 is 0.750 bits per heavy atom. The number of hydrogen-bond acceptors (Lipinski definition) is 6. The molecule has 11 rings (SSSR count). The van der Waals surface area contributed by atoms with Crippen LogP contribution in [0.2, 0.25) is 0 Å². The summed E-state index contributed by atoms with van der Waals surface area (Å²) in [5.74, 6) is -3.99. The van der Waals surface area contributed by atoms with Gasteiger partial charge >= 0.3 is 0 Å². The Bertz CT molecular complexity index is 2560. The average Bonchev–Trinajstić information content (AvgIpc) is 4.32. The molecule has 2 saturated heterocycles. The number of amides is 6. The second-order valence-electron chi connectivity index (χ2n) is 20.5. The van der Waals surface area contributed by atoms with E-state index in [-0.39, 0.29) is 109 Å². The lowest BCUT2D eigenvalue weighted by atomic mass is 9.94. The maximum atomic E-state index is 14.3. The molecule has 0 unspecified atom stereocenters. The number of halogens is 4. The number of rotatable bonds is 14. The second kappa shape index (κ2) is 20.3. The molecule has 5 aromatic rings. The Labute approximate surface area is 451 Å². The zero-order valence-corrected chi connectivity index (χ0v) is 45.3. The molecule has 12 atom stereocenters. The lowest BCUT2D eigenvalue weighted by molar-refractivity contribution is -0.133. The fourth-order valence-electron chi connectivity index (χ4n) is 11.0. The van der Waals surface area contributed by atoms with Crippen LogP contribution in [0.25, 0.3) is 0 Å². The van der Waals surface area contributed by atoms with E-state index in [0.717, 1.165) is 65.8 Å². The summed E-state index contributed by atoms with van der Waals surface area (Å²) in [5, 5.41) is 12.8. The van der Waals surface area contributed by atoms with Crippen molar-refractivity contribution in [1.82, 2.24) is 31.1 Å². The molecular formula is C56H52Br4N6O6. The molecule has 4 N–H and O–H groups in total. The highest BCUT2D eigenvalue weighted by molar-refractivity contribution is 9.11. The topological polar surface area (TPSA) is 157 Å². The van der Waals surface area contributed by atoms with Crippen LogP contribution in [0, 0.1) is 23.7 Å². The SMILES string of the molecule is O=C(N[C@H]1C[C@@H]1c1ccc(Br)cc1)[C@@H]1CN(C(=O)c2ccc(C(=O)N3C[C@@H](C(=O)N[C@H]4C[C@@H]4c4ccc(Br)cc4)[C@H](C(=O)N[C@@H]4C[C@H]4c4ccc(Br)cc4)C3)cc2)C[C@H]1C(=O)N[C@H]1C[C@@H]1c1ccc(Br)cc1. The van der Waals surface area contributed by atoms with Crippen molar-refractivity contribution in [2.45, 2.75) is 73.5 Å². The van der Waals surface area contributed by atoms with Crippen molar-refractivity contribution in [2.75, 3.05) is 26.2 Å². The Morgan fingerprint density at radius 1 is 0.333 bits per heavy atom. The standard InChI is InChI=1S/C56H52Br4N6O6/c57-35-13-5-29(6-14-35)39-21-47(39)61-51(67)43-25-65(26-44(43)52(68)62-48-22-40(48)30-7-15-36(58)16-8-30)55(71)33-1-2-34(4-3-33)56(72)66-27-45(53(69)63-49-23-41(49)31-9-17-37(59)18-10-31)46(28-66)54(70)64-50-24-42(50)32-11-19-38(60)20-12-32/h1-20,39-50H,21-28H2,(H,61,67)(H,62,68)(H,63,69)(H,64,70)/t39-,40-,41-,42+,43-,44-,45-,46-,47+,48+,49+,50-/m1/s1. The third-order valence-electron chi connectivity index (χ3n) is 15.6. The quantitative estimate of drug-likeness (QED) is 0.0871. The van der Waals surface area contributed by atoms with Crippen LogP contribution in [0.4, 0.5) is 0 Å². The summed E-state index contributed by atoms with van der Waals surface area (Å²) in [7, 11) is 0. The molecule has 0 bridgehead atoms. The zero-order valence-electron chi connectivity index (χ0n) is 39.0. The van der Waals surface area contributed by atoms with E-state index >= 15 is 0 Å².